The van der Waals surface area contributed by atoms with Gasteiger partial charge in [-0.15, -0.1) is 0 Å². The van der Waals surface area contributed by atoms with Gasteiger partial charge in [0.1, 0.15) is 6.61 Å². The van der Waals surface area contributed by atoms with Crippen LogP contribution in [0.4, 0.5) is 0 Å². The number of allylic oxidation sites excluding steroid dienone is 4. The molecule has 0 spiro atoms. The molecule has 0 N–H and O–H groups in total. The molecule has 0 bridgehead atoms. The van der Waals surface area contributed by atoms with Crippen LogP contribution in [0.5, 0.6) is 0 Å². The van der Waals surface area contributed by atoms with E-state index < -0.39 is 0 Å². The largest absolute Gasteiger partial charge is 0.461 e. The lowest BCUT2D eigenvalue weighted by atomic mass is 9.89. The fraction of sp³-hybridized carbons (Fsp3) is 0.682. The molecule has 1 aliphatic heterocycles. The van der Waals surface area contributed by atoms with Crippen LogP contribution in [0, 0.1) is 5.92 Å². The van der Waals surface area contributed by atoms with Crippen molar-refractivity contribution in [3.8, 4) is 0 Å². The number of ether oxygens (including phenoxy) is 2. The van der Waals surface area contributed by atoms with Crippen LogP contribution >= 0.6 is 0 Å². The predicted molar refractivity (Wildman–Crippen MR) is 102 cm³/mol. The Morgan fingerprint density at radius 1 is 1.32 bits per heavy atom. The molecular weight excluding hydrogens is 312 g/mol. The van der Waals surface area contributed by atoms with Crippen molar-refractivity contribution in [2.45, 2.75) is 84.3 Å². The highest BCUT2D eigenvalue weighted by molar-refractivity contribution is 5.66. The third-order valence-electron chi connectivity index (χ3n) is 5.63. The van der Waals surface area contributed by atoms with Gasteiger partial charge in [-0.3, -0.25) is 4.79 Å². The van der Waals surface area contributed by atoms with Crippen molar-refractivity contribution in [1.29, 1.82) is 0 Å². The number of hydrogen-bond donors (Lipinski definition) is 0. The summed E-state index contributed by atoms with van der Waals surface area (Å²) in [5.74, 6) is 0.270. The Morgan fingerprint density at radius 3 is 2.76 bits per heavy atom. The Kier molecular flexibility index (Phi) is 7.06. The van der Waals surface area contributed by atoms with Crippen molar-refractivity contribution in [3.05, 3.63) is 35.5 Å². The maximum atomic E-state index is 11.2. The van der Waals surface area contributed by atoms with Gasteiger partial charge in [-0.25, -0.2) is 0 Å². The normalized spacial score (nSPS) is 35.2. The predicted octanol–water partition coefficient (Wildman–Crippen LogP) is 5.52. The van der Waals surface area contributed by atoms with E-state index in [2.05, 4.69) is 39.5 Å². The second-order valence-electron chi connectivity index (χ2n) is 8.01. The molecule has 3 atom stereocenters. The second-order valence-corrected chi connectivity index (χ2v) is 8.01. The molecule has 140 valence electrons. The third-order valence-corrected chi connectivity index (χ3v) is 5.63. The maximum absolute atomic E-state index is 11.2. The average molecular weight is 347 g/mol. The van der Waals surface area contributed by atoms with E-state index in [0.29, 0.717) is 18.6 Å². The van der Waals surface area contributed by atoms with Crippen LogP contribution in [-0.4, -0.2) is 24.3 Å². The monoisotopic (exact) mass is 346 g/mol. The van der Waals surface area contributed by atoms with Gasteiger partial charge >= 0.3 is 5.97 Å². The van der Waals surface area contributed by atoms with Crippen molar-refractivity contribution in [2.24, 2.45) is 5.92 Å². The van der Waals surface area contributed by atoms with Gasteiger partial charge in [0.25, 0.3) is 0 Å². The highest BCUT2D eigenvalue weighted by Gasteiger charge is 2.50. The van der Waals surface area contributed by atoms with E-state index in [1.54, 1.807) is 0 Å². The van der Waals surface area contributed by atoms with Crippen LogP contribution in [0.15, 0.2) is 35.5 Å². The molecule has 1 aliphatic carbocycles. The molecule has 3 heteroatoms. The lowest BCUT2D eigenvalue weighted by Gasteiger charge is -2.17. The molecule has 0 aromatic carbocycles. The summed E-state index contributed by atoms with van der Waals surface area (Å²) >= 11 is 0. The van der Waals surface area contributed by atoms with Gasteiger partial charge in [0.15, 0.2) is 0 Å². The Hall–Kier alpha value is -1.35. The number of esters is 1. The van der Waals surface area contributed by atoms with Crippen LogP contribution in [0.1, 0.15) is 72.6 Å². The first kappa shape index (κ1) is 20.0. The number of hydrogen-bond acceptors (Lipinski definition) is 3. The lowest BCUT2D eigenvalue weighted by Crippen LogP contribution is -2.11. The first-order valence-electron chi connectivity index (χ1n) is 9.60. The molecule has 0 aromatic rings. The highest BCUT2D eigenvalue weighted by atomic mass is 16.6. The molecule has 0 aromatic heterocycles. The zero-order valence-corrected chi connectivity index (χ0v) is 16.4. The van der Waals surface area contributed by atoms with Crippen molar-refractivity contribution in [1.82, 2.24) is 0 Å². The van der Waals surface area contributed by atoms with E-state index in [0.717, 1.165) is 44.9 Å². The van der Waals surface area contributed by atoms with Crippen LogP contribution in [0.3, 0.4) is 0 Å². The molecule has 0 saturated carbocycles. The zero-order valence-electron chi connectivity index (χ0n) is 16.4. The number of epoxide rings is 1. The molecule has 3 nitrogen and oxygen atoms in total. The molecule has 1 heterocycles. The van der Waals surface area contributed by atoms with Crippen LogP contribution in [0.25, 0.3) is 0 Å². The highest BCUT2D eigenvalue weighted by Crippen LogP contribution is 2.43. The molecule has 0 radical (unpaired) electrons. The van der Waals surface area contributed by atoms with E-state index in [1.807, 2.05) is 0 Å². The number of carbonyl (C=O) groups is 1. The average Bonchev–Trinajstić information content (AvgIpc) is 3.18. The third kappa shape index (κ3) is 6.47. The van der Waals surface area contributed by atoms with E-state index in [1.165, 1.54) is 23.6 Å². The summed E-state index contributed by atoms with van der Waals surface area (Å²) < 4.78 is 11.2. The van der Waals surface area contributed by atoms with Gasteiger partial charge in [-0.2, -0.15) is 0 Å². The second kappa shape index (κ2) is 8.84. The van der Waals surface area contributed by atoms with Crippen molar-refractivity contribution < 1.29 is 14.3 Å². The summed E-state index contributed by atoms with van der Waals surface area (Å²) in [6.07, 6.45) is 12.3. The van der Waals surface area contributed by atoms with E-state index in [4.69, 9.17) is 9.47 Å². The molecular formula is C22H34O3. The topological polar surface area (TPSA) is 38.8 Å². The van der Waals surface area contributed by atoms with E-state index in [-0.39, 0.29) is 11.6 Å². The summed E-state index contributed by atoms with van der Waals surface area (Å²) in [6, 6.07) is 0. The summed E-state index contributed by atoms with van der Waals surface area (Å²) in [4.78, 5) is 11.2. The summed E-state index contributed by atoms with van der Waals surface area (Å²) in [5.41, 5.74) is 3.95. The van der Waals surface area contributed by atoms with Gasteiger partial charge in [-0.05, 0) is 77.2 Å². The van der Waals surface area contributed by atoms with Crippen LogP contribution < -0.4 is 0 Å². The Balaban J connectivity index is 2.09. The first-order chi connectivity index (χ1) is 11.8. The van der Waals surface area contributed by atoms with Crippen molar-refractivity contribution >= 4 is 5.97 Å². The standard InChI is InChI=1S/C22H34O3/c1-16(2)20-11-8-17(3)7-6-14-22(5)21(25-22)13-10-19(9-12-20)15-24-18(4)23/h7,9,20-21H,1,6,8,10-15H2,2-5H3/b17-7+,19-9+/t20-,21+,22-/m0/s1. The molecule has 2 aliphatic rings. The lowest BCUT2D eigenvalue weighted by molar-refractivity contribution is -0.140. The molecule has 0 amide bonds. The summed E-state index contributed by atoms with van der Waals surface area (Å²) in [6.45, 7) is 12.6. The Morgan fingerprint density at radius 2 is 2.08 bits per heavy atom. The quantitative estimate of drug-likeness (QED) is 0.384. The molecule has 2 rings (SSSR count). The van der Waals surface area contributed by atoms with Gasteiger partial charge in [-0.1, -0.05) is 29.9 Å². The van der Waals surface area contributed by atoms with Gasteiger partial charge in [0.05, 0.1) is 11.7 Å². The van der Waals surface area contributed by atoms with Gasteiger partial charge in [0.2, 0.25) is 0 Å². The first-order valence-corrected chi connectivity index (χ1v) is 9.60. The SMILES string of the molecule is C=C(C)[C@@H]1C/C=C(/COC(C)=O)CC[C@H]2O[C@@]2(C)CC/C=C(\C)CC1. The Labute approximate surface area is 153 Å². The zero-order chi connectivity index (χ0) is 18.4. The minimum absolute atomic E-state index is 0.0354. The fourth-order valence-electron chi connectivity index (χ4n) is 3.60. The van der Waals surface area contributed by atoms with Gasteiger partial charge < -0.3 is 9.47 Å². The van der Waals surface area contributed by atoms with E-state index in [9.17, 15) is 4.79 Å². The number of rotatable bonds is 3. The van der Waals surface area contributed by atoms with Gasteiger partial charge in [0, 0.05) is 6.92 Å². The van der Waals surface area contributed by atoms with Crippen molar-refractivity contribution in [2.75, 3.05) is 6.61 Å². The van der Waals surface area contributed by atoms with E-state index >= 15 is 0 Å². The molecule has 25 heavy (non-hydrogen) atoms. The smallest absolute Gasteiger partial charge is 0.302 e. The molecule has 1 fully saturated rings. The number of fused-ring (bicyclic) bond motifs is 1. The maximum Gasteiger partial charge on any atom is 0.302 e. The summed E-state index contributed by atoms with van der Waals surface area (Å²) in [5, 5.41) is 0. The minimum atomic E-state index is -0.218. The molecule has 1 saturated heterocycles. The number of carbonyl (C=O) groups excluding carboxylic acids is 1. The van der Waals surface area contributed by atoms with Crippen LogP contribution in [0.2, 0.25) is 0 Å². The minimum Gasteiger partial charge on any atom is -0.461 e. The summed E-state index contributed by atoms with van der Waals surface area (Å²) in [7, 11) is 0. The van der Waals surface area contributed by atoms with Crippen LogP contribution in [-0.2, 0) is 14.3 Å². The van der Waals surface area contributed by atoms with Crippen molar-refractivity contribution in [3.63, 3.8) is 0 Å². The molecule has 0 unspecified atom stereocenters. The Bertz CT molecular complexity index is 558. The fourth-order valence-corrected chi connectivity index (χ4v) is 3.60.